The Morgan fingerprint density at radius 2 is 1.85 bits per heavy atom. The van der Waals surface area contributed by atoms with Gasteiger partial charge in [-0.15, -0.1) is 0 Å². The third-order valence-corrected chi connectivity index (χ3v) is 3.47. The Balaban J connectivity index is 2.18. The summed E-state index contributed by atoms with van der Waals surface area (Å²) >= 11 is 0. The van der Waals surface area contributed by atoms with Gasteiger partial charge >= 0.3 is 5.97 Å². The number of benzene rings is 2. The van der Waals surface area contributed by atoms with E-state index in [1.54, 1.807) is 12.1 Å². The Morgan fingerprint density at radius 1 is 1.15 bits per heavy atom. The second-order valence-electron chi connectivity index (χ2n) is 5.12. The maximum Gasteiger partial charge on any atom is 0.337 e. The number of hydrogen-bond acceptors (Lipinski definition) is 6. The number of ether oxygens (including phenoxy) is 2. The highest BCUT2D eigenvalue weighted by Gasteiger charge is 2.12. The van der Waals surface area contributed by atoms with Crippen molar-refractivity contribution < 1.29 is 24.2 Å². The lowest BCUT2D eigenvalue weighted by atomic mass is 10.1. The molecule has 0 aliphatic heterocycles. The normalized spacial score (nSPS) is 10.6. The van der Waals surface area contributed by atoms with Crippen molar-refractivity contribution >= 4 is 23.6 Å². The summed E-state index contributed by atoms with van der Waals surface area (Å²) < 4.78 is 9.58. The van der Waals surface area contributed by atoms with Crippen LogP contribution in [0.1, 0.15) is 15.9 Å². The molecule has 2 aromatic rings. The number of phenols is 1. The molecule has 7 nitrogen and oxygen atoms in total. The number of nitrogens with zero attached hydrogens (tertiary/aromatic N) is 1. The summed E-state index contributed by atoms with van der Waals surface area (Å²) in [4.78, 5) is 23.6. The third-order valence-electron chi connectivity index (χ3n) is 3.47. The molecule has 0 saturated heterocycles. The molecule has 26 heavy (non-hydrogen) atoms. The van der Waals surface area contributed by atoms with Crippen LogP contribution in [0.5, 0.6) is 11.5 Å². The first-order valence-electron chi connectivity index (χ1n) is 7.47. The molecule has 2 rings (SSSR count). The van der Waals surface area contributed by atoms with Crippen LogP contribution < -0.4 is 10.1 Å². The van der Waals surface area contributed by atoms with E-state index in [2.05, 4.69) is 10.1 Å². The van der Waals surface area contributed by atoms with E-state index >= 15 is 0 Å². The van der Waals surface area contributed by atoms with E-state index in [-0.39, 0.29) is 11.3 Å². The molecule has 1 amide bonds. The van der Waals surface area contributed by atoms with Gasteiger partial charge in [0.15, 0.2) is 0 Å². The summed E-state index contributed by atoms with van der Waals surface area (Å²) in [5.74, 6) is -0.801. The maximum absolute atomic E-state index is 12.3. The van der Waals surface area contributed by atoms with Crippen molar-refractivity contribution in [3.05, 3.63) is 59.2 Å². The molecule has 0 bridgehead atoms. The highest BCUT2D eigenvalue weighted by molar-refractivity contribution is 6.10. The topological polar surface area (TPSA) is 109 Å². The Bertz CT molecular complexity index is 895. The summed E-state index contributed by atoms with van der Waals surface area (Å²) in [5.41, 5.74) is 0.855. The molecular weight excluding hydrogens is 336 g/mol. The van der Waals surface area contributed by atoms with Crippen LogP contribution >= 0.6 is 0 Å². The average molecular weight is 352 g/mol. The fraction of sp³-hybridized carbons (Fsp3) is 0.105. The van der Waals surface area contributed by atoms with Crippen LogP contribution in [0.15, 0.2) is 48.0 Å². The summed E-state index contributed by atoms with van der Waals surface area (Å²) in [7, 11) is 2.74. The zero-order chi connectivity index (χ0) is 19.1. The molecule has 0 fully saturated rings. The zero-order valence-electron chi connectivity index (χ0n) is 14.1. The number of hydrogen-bond donors (Lipinski definition) is 2. The second kappa shape index (κ2) is 8.35. The summed E-state index contributed by atoms with van der Waals surface area (Å²) in [6, 6.07) is 12.3. The molecule has 0 saturated carbocycles. The van der Waals surface area contributed by atoms with E-state index in [1.165, 1.54) is 56.7 Å². The quantitative estimate of drug-likeness (QED) is 0.486. The largest absolute Gasteiger partial charge is 0.507 e. The summed E-state index contributed by atoms with van der Waals surface area (Å²) in [6.45, 7) is 0. The number of anilines is 1. The van der Waals surface area contributed by atoms with E-state index < -0.39 is 11.9 Å². The monoisotopic (exact) mass is 352 g/mol. The highest BCUT2D eigenvalue weighted by Crippen LogP contribution is 2.25. The van der Waals surface area contributed by atoms with Gasteiger partial charge in [-0.05, 0) is 42.5 Å². The van der Waals surface area contributed by atoms with Gasteiger partial charge in [0.25, 0.3) is 5.91 Å². The minimum absolute atomic E-state index is 0.118. The number of nitrogens with one attached hydrogen (secondary N) is 1. The third kappa shape index (κ3) is 4.39. The van der Waals surface area contributed by atoms with Gasteiger partial charge in [-0.2, -0.15) is 5.26 Å². The van der Waals surface area contributed by atoms with Gasteiger partial charge in [0.2, 0.25) is 0 Å². The van der Waals surface area contributed by atoms with E-state index in [0.717, 1.165) is 0 Å². The van der Waals surface area contributed by atoms with Gasteiger partial charge in [0.05, 0.1) is 19.8 Å². The van der Waals surface area contributed by atoms with Gasteiger partial charge in [0, 0.05) is 17.3 Å². The van der Waals surface area contributed by atoms with Crippen molar-refractivity contribution in [2.75, 3.05) is 19.5 Å². The van der Waals surface area contributed by atoms with Crippen LogP contribution in [-0.2, 0) is 9.53 Å². The van der Waals surface area contributed by atoms with Gasteiger partial charge in [-0.3, -0.25) is 4.79 Å². The standard InChI is InChI=1S/C19H16N2O5/c1-25-16-8-5-13(17(22)10-16)9-14(11-20)18(23)21-15-6-3-12(4-7-15)19(24)26-2/h3-10,22H,1-2H3,(H,21,23)/b14-9+. The predicted molar refractivity (Wildman–Crippen MR) is 94.7 cm³/mol. The van der Waals surface area contributed by atoms with Crippen LogP contribution in [-0.4, -0.2) is 31.2 Å². The Kier molecular flexibility index (Phi) is 5.96. The first kappa shape index (κ1) is 18.5. The molecule has 0 radical (unpaired) electrons. The minimum Gasteiger partial charge on any atom is -0.507 e. The molecule has 7 heteroatoms. The number of carbonyl (C=O) groups excluding carboxylic acids is 2. The van der Waals surface area contributed by atoms with Crippen LogP contribution in [0.2, 0.25) is 0 Å². The fourth-order valence-corrected chi connectivity index (χ4v) is 2.08. The van der Waals surface area contributed by atoms with Crippen molar-refractivity contribution in [1.29, 1.82) is 5.26 Å². The van der Waals surface area contributed by atoms with Crippen molar-refractivity contribution in [3.63, 3.8) is 0 Å². The van der Waals surface area contributed by atoms with Crippen molar-refractivity contribution in [1.82, 2.24) is 0 Å². The number of methoxy groups -OCH3 is 2. The maximum atomic E-state index is 12.3. The minimum atomic E-state index is -0.645. The lowest BCUT2D eigenvalue weighted by Crippen LogP contribution is -2.13. The van der Waals surface area contributed by atoms with Crippen LogP contribution in [0.25, 0.3) is 6.08 Å². The summed E-state index contributed by atoms with van der Waals surface area (Å²) in [5, 5.41) is 21.7. The predicted octanol–water partition coefficient (Wildman–Crippen LogP) is 2.73. The molecule has 2 N–H and O–H groups in total. The van der Waals surface area contributed by atoms with E-state index in [1.807, 2.05) is 0 Å². The summed E-state index contributed by atoms with van der Waals surface area (Å²) in [6.07, 6.45) is 1.27. The molecular formula is C19H16N2O5. The zero-order valence-corrected chi connectivity index (χ0v) is 14.1. The number of carbonyl (C=O) groups is 2. The fourth-order valence-electron chi connectivity index (χ4n) is 2.08. The van der Waals surface area contributed by atoms with Gasteiger partial charge < -0.3 is 19.9 Å². The number of rotatable bonds is 5. The van der Waals surface area contributed by atoms with Gasteiger partial charge in [-0.25, -0.2) is 4.79 Å². The number of amides is 1. The van der Waals surface area contributed by atoms with Crippen LogP contribution in [0, 0.1) is 11.3 Å². The van der Waals surface area contributed by atoms with E-state index in [9.17, 15) is 20.0 Å². The molecule has 0 spiro atoms. The molecule has 2 aromatic carbocycles. The lowest BCUT2D eigenvalue weighted by molar-refractivity contribution is -0.112. The van der Waals surface area contributed by atoms with E-state index in [4.69, 9.17) is 4.74 Å². The molecule has 0 aliphatic carbocycles. The molecule has 0 heterocycles. The highest BCUT2D eigenvalue weighted by atomic mass is 16.5. The number of phenolic OH excluding ortho intramolecular Hbond substituents is 1. The number of aromatic hydroxyl groups is 1. The Labute approximate surface area is 150 Å². The smallest absolute Gasteiger partial charge is 0.337 e. The average Bonchev–Trinajstić information content (AvgIpc) is 2.66. The first-order valence-corrected chi connectivity index (χ1v) is 7.47. The molecule has 132 valence electrons. The lowest BCUT2D eigenvalue weighted by Gasteiger charge is -2.06. The van der Waals surface area contributed by atoms with Crippen molar-refractivity contribution in [2.24, 2.45) is 0 Å². The molecule has 0 aromatic heterocycles. The second-order valence-corrected chi connectivity index (χ2v) is 5.12. The Hall–Kier alpha value is -3.79. The van der Waals surface area contributed by atoms with Crippen LogP contribution in [0.3, 0.4) is 0 Å². The van der Waals surface area contributed by atoms with Crippen molar-refractivity contribution in [2.45, 2.75) is 0 Å². The Morgan fingerprint density at radius 3 is 2.38 bits per heavy atom. The van der Waals surface area contributed by atoms with Crippen molar-refractivity contribution in [3.8, 4) is 17.6 Å². The van der Waals surface area contributed by atoms with E-state index in [0.29, 0.717) is 22.6 Å². The molecule has 0 aliphatic rings. The van der Waals surface area contributed by atoms with Crippen LogP contribution in [0.4, 0.5) is 5.69 Å². The van der Waals surface area contributed by atoms with Gasteiger partial charge in [-0.1, -0.05) is 0 Å². The van der Waals surface area contributed by atoms with Gasteiger partial charge in [0.1, 0.15) is 23.1 Å². The first-order chi connectivity index (χ1) is 12.5. The number of nitriles is 1. The molecule has 0 atom stereocenters. The molecule has 0 unspecified atom stereocenters. The SMILES string of the molecule is COC(=O)c1ccc(NC(=O)/C(C#N)=C/c2ccc(OC)cc2O)cc1. The number of esters is 1.